The van der Waals surface area contributed by atoms with Crippen LogP contribution in [0.25, 0.3) is 0 Å². The molecule has 3 aliphatic heterocycles. The first-order valence-corrected chi connectivity index (χ1v) is 10.9. The smallest absolute Gasteiger partial charge is 0.410 e. The number of nitrogens with one attached hydrogen (secondary N) is 1. The Morgan fingerprint density at radius 3 is 2.37 bits per heavy atom. The highest BCUT2D eigenvalue weighted by atomic mass is 19.1. The second kappa shape index (κ2) is 8.88. The number of hydrogen-bond acceptors (Lipinski definition) is 4. The van der Waals surface area contributed by atoms with Crippen LogP contribution in [0.3, 0.4) is 0 Å². The van der Waals surface area contributed by atoms with Crippen molar-refractivity contribution < 1.29 is 23.1 Å². The van der Waals surface area contributed by atoms with Gasteiger partial charge in [-0.05, 0) is 64.1 Å². The van der Waals surface area contributed by atoms with Gasteiger partial charge >= 0.3 is 6.09 Å². The number of piperidine rings is 2. The first kappa shape index (κ1) is 21.0. The minimum Gasteiger partial charge on any atom is -0.450 e. The summed E-state index contributed by atoms with van der Waals surface area (Å²) in [6, 6.07) is 3.63. The summed E-state index contributed by atoms with van der Waals surface area (Å²) < 4.78 is 32.1. The summed E-state index contributed by atoms with van der Waals surface area (Å²) in [5.74, 6) is -1.96. The van der Waals surface area contributed by atoms with Crippen molar-refractivity contribution in [3.8, 4) is 0 Å². The molecule has 3 heterocycles. The number of carbonyl (C=O) groups excluding carboxylic acids is 2. The highest BCUT2D eigenvalue weighted by molar-refractivity contribution is 5.94. The van der Waals surface area contributed by atoms with Gasteiger partial charge in [0.1, 0.15) is 11.6 Å². The average Bonchev–Trinajstić information content (AvgIpc) is 2.97. The van der Waals surface area contributed by atoms with E-state index in [0.717, 1.165) is 63.3 Å². The minimum absolute atomic E-state index is 0.00501. The Balaban J connectivity index is 1.36. The maximum Gasteiger partial charge on any atom is 0.410 e. The largest absolute Gasteiger partial charge is 0.450 e. The number of fused-ring (bicyclic) bond motifs is 2. The van der Waals surface area contributed by atoms with Crippen LogP contribution in [0.1, 0.15) is 55.8 Å². The molecule has 6 nitrogen and oxygen atoms in total. The summed E-state index contributed by atoms with van der Waals surface area (Å²) in [7, 11) is 0. The zero-order valence-corrected chi connectivity index (χ0v) is 17.3. The number of ether oxygens (including phenoxy) is 1. The first-order valence-electron chi connectivity index (χ1n) is 10.9. The van der Waals surface area contributed by atoms with Gasteiger partial charge in [0.15, 0.2) is 0 Å². The van der Waals surface area contributed by atoms with E-state index in [1.54, 1.807) is 0 Å². The molecule has 0 radical (unpaired) electrons. The maximum absolute atomic E-state index is 13.4. The molecular weight excluding hydrogens is 392 g/mol. The van der Waals surface area contributed by atoms with E-state index < -0.39 is 17.5 Å². The van der Waals surface area contributed by atoms with Gasteiger partial charge in [-0.3, -0.25) is 9.69 Å². The molecule has 3 atom stereocenters. The van der Waals surface area contributed by atoms with Gasteiger partial charge in [-0.2, -0.15) is 0 Å². The van der Waals surface area contributed by atoms with Gasteiger partial charge in [0.25, 0.3) is 5.91 Å². The Hall–Kier alpha value is -2.22. The van der Waals surface area contributed by atoms with E-state index in [9.17, 15) is 18.4 Å². The third kappa shape index (κ3) is 4.43. The van der Waals surface area contributed by atoms with Crippen LogP contribution < -0.4 is 5.32 Å². The number of amides is 2. The number of likely N-dealkylation sites (tertiary alicyclic amines) is 1. The van der Waals surface area contributed by atoms with Crippen LogP contribution >= 0.6 is 0 Å². The van der Waals surface area contributed by atoms with Crippen molar-refractivity contribution in [3.05, 3.63) is 35.4 Å². The van der Waals surface area contributed by atoms with E-state index in [1.165, 1.54) is 0 Å². The van der Waals surface area contributed by atoms with Crippen LogP contribution in [0.15, 0.2) is 18.2 Å². The monoisotopic (exact) mass is 421 g/mol. The van der Waals surface area contributed by atoms with Gasteiger partial charge < -0.3 is 15.0 Å². The number of hydrogen-bond donors (Lipinski definition) is 1. The Bertz CT molecular complexity index is 772. The van der Waals surface area contributed by atoms with Crippen LogP contribution in [-0.2, 0) is 4.74 Å². The van der Waals surface area contributed by atoms with Crippen LogP contribution in [0.5, 0.6) is 0 Å². The first-order chi connectivity index (χ1) is 14.4. The fraction of sp³-hybridized carbons (Fsp3) is 0.636. The van der Waals surface area contributed by atoms with Gasteiger partial charge in [0.05, 0.1) is 6.61 Å². The molecule has 8 heteroatoms. The Kier molecular flexibility index (Phi) is 6.22. The van der Waals surface area contributed by atoms with E-state index in [-0.39, 0.29) is 29.8 Å². The van der Waals surface area contributed by atoms with Crippen LogP contribution in [0.2, 0.25) is 0 Å². The maximum atomic E-state index is 13.4. The Labute approximate surface area is 175 Å². The molecule has 30 heavy (non-hydrogen) atoms. The third-order valence-corrected chi connectivity index (χ3v) is 6.62. The van der Waals surface area contributed by atoms with Crippen molar-refractivity contribution in [2.24, 2.45) is 0 Å². The quantitative estimate of drug-likeness (QED) is 0.810. The fourth-order valence-corrected chi connectivity index (χ4v) is 5.35. The van der Waals surface area contributed by atoms with Gasteiger partial charge in [0, 0.05) is 42.3 Å². The lowest BCUT2D eigenvalue weighted by molar-refractivity contribution is 0.0309. The molecule has 0 aromatic heterocycles. The normalized spacial score (nSPS) is 29.0. The van der Waals surface area contributed by atoms with E-state index in [2.05, 4.69) is 10.2 Å². The molecule has 3 fully saturated rings. The van der Waals surface area contributed by atoms with Crippen molar-refractivity contribution >= 4 is 12.0 Å². The molecule has 1 aromatic carbocycles. The lowest BCUT2D eigenvalue weighted by Crippen LogP contribution is -2.56. The van der Waals surface area contributed by atoms with Crippen molar-refractivity contribution in [2.75, 3.05) is 19.7 Å². The molecule has 2 amide bonds. The van der Waals surface area contributed by atoms with Crippen molar-refractivity contribution in [1.29, 1.82) is 0 Å². The van der Waals surface area contributed by atoms with E-state index in [0.29, 0.717) is 19.2 Å². The number of rotatable bonds is 4. The molecule has 164 valence electrons. The zero-order chi connectivity index (χ0) is 21.3. The van der Waals surface area contributed by atoms with Gasteiger partial charge in [-0.25, -0.2) is 13.6 Å². The molecule has 3 saturated heterocycles. The van der Waals surface area contributed by atoms with Gasteiger partial charge in [0.2, 0.25) is 0 Å². The molecule has 0 aliphatic carbocycles. The number of halogens is 2. The SMILES string of the molecule is CCOC(=O)N1C2CCC1CC(N1CCCC(NC(=O)c3cc(F)cc(F)c3)C1)C2. The summed E-state index contributed by atoms with van der Waals surface area (Å²) in [5.41, 5.74) is 0.00501. The third-order valence-electron chi connectivity index (χ3n) is 6.62. The number of nitrogens with zero attached hydrogens (tertiary/aromatic N) is 2. The molecule has 3 aliphatic rings. The van der Waals surface area contributed by atoms with Crippen LogP contribution in [0, 0.1) is 11.6 Å². The predicted molar refractivity (Wildman–Crippen MR) is 107 cm³/mol. The molecule has 0 saturated carbocycles. The topological polar surface area (TPSA) is 61.9 Å². The van der Waals surface area contributed by atoms with Crippen molar-refractivity contribution in [3.63, 3.8) is 0 Å². The van der Waals surface area contributed by atoms with Gasteiger partial charge in [-0.15, -0.1) is 0 Å². The molecular formula is C22H29F2N3O3. The minimum atomic E-state index is -0.755. The lowest BCUT2D eigenvalue weighted by atomic mass is 9.93. The van der Waals surface area contributed by atoms with E-state index in [4.69, 9.17) is 4.74 Å². The second-order valence-corrected chi connectivity index (χ2v) is 8.58. The molecule has 3 unspecified atom stereocenters. The Morgan fingerprint density at radius 1 is 1.07 bits per heavy atom. The van der Waals surface area contributed by atoms with Crippen molar-refractivity contribution in [2.45, 2.75) is 69.6 Å². The second-order valence-electron chi connectivity index (χ2n) is 8.58. The van der Waals surface area contributed by atoms with Crippen molar-refractivity contribution in [1.82, 2.24) is 15.1 Å². The lowest BCUT2D eigenvalue weighted by Gasteiger charge is -2.45. The highest BCUT2D eigenvalue weighted by Crippen LogP contribution is 2.38. The van der Waals surface area contributed by atoms with Crippen LogP contribution in [0.4, 0.5) is 13.6 Å². The molecule has 0 spiro atoms. The average molecular weight is 421 g/mol. The van der Waals surface area contributed by atoms with Crippen LogP contribution in [-0.4, -0.2) is 65.7 Å². The molecule has 1 aromatic rings. The van der Waals surface area contributed by atoms with Gasteiger partial charge in [-0.1, -0.05) is 0 Å². The summed E-state index contributed by atoms with van der Waals surface area (Å²) in [6.45, 7) is 3.89. The molecule has 2 bridgehead atoms. The number of benzene rings is 1. The standard InChI is InChI=1S/C22H29F2N3O3/c1-2-30-22(29)27-18-5-6-19(27)12-20(11-18)26-7-3-4-17(13-26)25-21(28)14-8-15(23)10-16(24)9-14/h8-10,17-20H,2-7,11-13H2,1H3,(H,25,28). The summed E-state index contributed by atoms with van der Waals surface area (Å²) in [4.78, 5) is 29.1. The molecule has 1 N–H and O–H groups in total. The summed E-state index contributed by atoms with van der Waals surface area (Å²) in [6.07, 6.45) is 5.47. The highest BCUT2D eigenvalue weighted by Gasteiger charge is 2.45. The number of carbonyl (C=O) groups is 2. The predicted octanol–water partition coefficient (Wildman–Crippen LogP) is 3.31. The fourth-order valence-electron chi connectivity index (χ4n) is 5.35. The zero-order valence-electron chi connectivity index (χ0n) is 17.3. The van der Waals surface area contributed by atoms with E-state index in [1.807, 2.05) is 11.8 Å². The summed E-state index contributed by atoms with van der Waals surface area (Å²) in [5, 5.41) is 2.94. The van der Waals surface area contributed by atoms with E-state index >= 15 is 0 Å². The summed E-state index contributed by atoms with van der Waals surface area (Å²) >= 11 is 0. The Morgan fingerprint density at radius 2 is 1.73 bits per heavy atom. The molecule has 4 rings (SSSR count).